The van der Waals surface area contributed by atoms with Crippen LogP contribution in [0.4, 0.5) is 4.39 Å². The Labute approximate surface area is 200 Å². The van der Waals surface area contributed by atoms with E-state index in [9.17, 15) is 9.18 Å². The van der Waals surface area contributed by atoms with Crippen molar-refractivity contribution in [1.29, 1.82) is 0 Å². The van der Waals surface area contributed by atoms with E-state index in [4.69, 9.17) is 18.7 Å². The molecule has 0 aliphatic carbocycles. The van der Waals surface area contributed by atoms with Crippen molar-refractivity contribution in [3.63, 3.8) is 0 Å². The molecule has 1 saturated heterocycles. The van der Waals surface area contributed by atoms with Crippen molar-refractivity contribution in [2.75, 3.05) is 40.1 Å². The Morgan fingerprint density at radius 3 is 2.83 bits per heavy atom. The standard InChI is InChI=1S/C25H25FN4O5/c1-15-14-33-8-7-30(15)25(31)17-5-3-16(4-6-17)20-12-23(35-29-20)24-18-11-19(26)22(34-10-9-32-2)13-21(18)27-28-24/h3-6,11-13,15H,7-10,14H2,1-2H3,(H,27,28)/t15-/m0/s1. The van der Waals surface area contributed by atoms with E-state index in [-0.39, 0.29) is 24.3 Å². The summed E-state index contributed by atoms with van der Waals surface area (Å²) in [5, 5.41) is 11.9. The first-order valence-electron chi connectivity index (χ1n) is 11.3. The van der Waals surface area contributed by atoms with E-state index in [2.05, 4.69) is 15.4 Å². The maximum Gasteiger partial charge on any atom is 0.254 e. The van der Waals surface area contributed by atoms with E-state index < -0.39 is 5.82 Å². The lowest BCUT2D eigenvalue weighted by Crippen LogP contribution is -2.47. The molecule has 1 aliphatic rings. The number of ether oxygens (including phenoxy) is 3. The van der Waals surface area contributed by atoms with Gasteiger partial charge in [0.25, 0.3) is 5.91 Å². The first-order chi connectivity index (χ1) is 17.0. The highest BCUT2D eigenvalue weighted by atomic mass is 19.1. The summed E-state index contributed by atoms with van der Waals surface area (Å²) in [6, 6.07) is 11.9. The van der Waals surface area contributed by atoms with Gasteiger partial charge in [-0.15, -0.1) is 0 Å². The number of fused-ring (bicyclic) bond motifs is 1. The Morgan fingerprint density at radius 2 is 2.06 bits per heavy atom. The zero-order valence-corrected chi connectivity index (χ0v) is 19.4. The molecule has 5 rings (SSSR count). The molecular formula is C25H25FN4O5. The number of morpholine rings is 1. The number of halogens is 1. The van der Waals surface area contributed by atoms with Gasteiger partial charge in [-0.2, -0.15) is 5.10 Å². The highest BCUT2D eigenvalue weighted by Gasteiger charge is 2.25. The molecule has 2 aromatic heterocycles. The number of nitrogens with one attached hydrogen (secondary N) is 1. The number of carbonyl (C=O) groups excluding carboxylic acids is 1. The fourth-order valence-electron chi connectivity index (χ4n) is 4.05. The van der Waals surface area contributed by atoms with E-state index in [1.807, 2.05) is 24.0 Å². The summed E-state index contributed by atoms with van der Waals surface area (Å²) in [7, 11) is 1.55. The third kappa shape index (κ3) is 4.62. The molecular weight excluding hydrogens is 455 g/mol. The molecule has 1 atom stereocenters. The van der Waals surface area contributed by atoms with E-state index in [0.717, 1.165) is 5.56 Å². The van der Waals surface area contributed by atoms with Crippen molar-refractivity contribution < 1.29 is 27.9 Å². The fraction of sp³-hybridized carbons (Fsp3) is 0.320. The lowest BCUT2D eigenvalue weighted by molar-refractivity contribution is 0.00359. The molecule has 0 bridgehead atoms. The van der Waals surface area contributed by atoms with Crippen LogP contribution in [0.25, 0.3) is 33.6 Å². The predicted molar refractivity (Wildman–Crippen MR) is 126 cm³/mol. The van der Waals surface area contributed by atoms with Gasteiger partial charge in [0.15, 0.2) is 17.3 Å². The van der Waals surface area contributed by atoms with Crippen molar-refractivity contribution in [3.05, 3.63) is 53.8 Å². The van der Waals surface area contributed by atoms with Crippen LogP contribution in [0.1, 0.15) is 17.3 Å². The van der Waals surface area contributed by atoms with Crippen LogP contribution in [-0.4, -0.2) is 72.3 Å². The minimum Gasteiger partial charge on any atom is -0.488 e. The monoisotopic (exact) mass is 480 g/mol. The molecule has 9 nitrogen and oxygen atoms in total. The second-order valence-corrected chi connectivity index (χ2v) is 8.32. The molecule has 1 aliphatic heterocycles. The highest BCUT2D eigenvalue weighted by Crippen LogP contribution is 2.33. The second kappa shape index (κ2) is 9.85. The number of carbonyl (C=O) groups is 1. The Hall–Kier alpha value is -3.76. The molecule has 1 amide bonds. The van der Waals surface area contributed by atoms with Crippen molar-refractivity contribution in [1.82, 2.24) is 20.3 Å². The molecule has 2 aromatic carbocycles. The summed E-state index contributed by atoms with van der Waals surface area (Å²) in [6.45, 7) is 4.23. The first kappa shape index (κ1) is 23.0. The SMILES string of the molecule is COCCOc1cc2[nH]nc(-c3cc(-c4ccc(C(=O)N5CCOC[C@@H]5C)cc4)no3)c2cc1F. The zero-order valence-electron chi connectivity index (χ0n) is 19.4. The third-order valence-electron chi connectivity index (χ3n) is 5.96. The number of rotatable bonds is 7. The van der Waals surface area contributed by atoms with Gasteiger partial charge < -0.3 is 23.6 Å². The minimum atomic E-state index is -0.508. The van der Waals surface area contributed by atoms with Crippen LogP contribution in [0.3, 0.4) is 0 Å². The van der Waals surface area contributed by atoms with Gasteiger partial charge >= 0.3 is 0 Å². The topological polar surface area (TPSA) is 103 Å². The van der Waals surface area contributed by atoms with Gasteiger partial charge in [-0.1, -0.05) is 17.3 Å². The maximum absolute atomic E-state index is 14.6. The minimum absolute atomic E-state index is 0.0243. The van der Waals surface area contributed by atoms with E-state index in [0.29, 0.717) is 60.0 Å². The van der Waals surface area contributed by atoms with Gasteiger partial charge in [0.2, 0.25) is 0 Å². The van der Waals surface area contributed by atoms with Gasteiger partial charge in [0.1, 0.15) is 18.0 Å². The molecule has 0 unspecified atom stereocenters. The normalized spacial score (nSPS) is 16.1. The summed E-state index contributed by atoms with van der Waals surface area (Å²) in [5.41, 5.74) is 3.01. The molecule has 0 saturated carbocycles. The number of benzene rings is 2. The van der Waals surface area contributed by atoms with Gasteiger partial charge in [-0.3, -0.25) is 9.89 Å². The Balaban J connectivity index is 1.35. The van der Waals surface area contributed by atoms with E-state index >= 15 is 0 Å². The predicted octanol–water partition coefficient (Wildman–Crippen LogP) is 3.91. The maximum atomic E-state index is 14.6. The summed E-state index contributed by atoms with van der Waals surface area (Å²) >= 11 is 0. The van der Waals surface area contributed by atoms with Crippen LogP contribution in [0.15, 0.2) is 47.0 Å². The Bertz CT molecular complexity index is 1330. The van der Waals surface area contributed by atoms with Crippen molar-refractivity contribution in [2.45, 2.75) is 13.0 Å². The Kier molecular flexibility index (Phi) is 6.47. The van der Waals surface area contributed by atoms with E-state index in [1.165, 1.54) is 6.07 Å². The smallest absolute Gasteiger partial charge is 0.254 e. The van der Waals surface area contributed by atoms with Crippen LogP contribution in [0.2, 0.25) is 0 Å². The number of hydrogen-bond acceptors (Lipinski definition) is 7. The molecule has 0 radical (unpaired) electrons. The highest BCUT2D eigenvalue weighted by molar-refractivity contribution is 5.95. The number of nitrogens with zero attached hydrogens (tertiary/aromatic N) is 3. The van der Waals surface area contributed by atoms with Gasteiger partial charge in [-0.05, 0) is 25.1 Å². The van der Waals surface area contributed by atoms with E-state index in [1.54, 1.807) is 31.4 Å². The molecule has 1 N–H and O–H groups in total. The van der Waals surface area contributed by atoms with Gasteiger partial charge in [-0.25, -0.2) is 4.39 Å². The first-order valence-corrected chi connectivity index (χ1v) is 11.3. The van der Waals surface area contributed by atoms with Crippen LogP contribution in [-0.2, 0) is 9.47 Å². The lowest BCUT2D eigenvalue weighted by Gasteiger charge is -2.33. The quantitative estimate of drug-likeness (QED) is 0.400. The molecule has 1 fully saturated rings. The van der Waals surface area contributed by atoms with Crippen LogP contribution >= 0.6 is 0 Å². The van der Waals surface area contributed by atoms with Crippen LogP contribution in [0, 0.1) is 5.82 Å². The van der Waals surface area contributed by atoms with Gasteiger partial charge in [0.05, 0.1) is 31.4 Å². The van der Waals surface area contributed by atoms with Crippen LogP contribution < -0.4 is 4.74 Å². The number of aromatic nitrogens is 3. The lowest BCUT2D eigenvalue weighted by atomic mass is 10.1. The Morgan fingerprint density at radius 1 is 1.23 bits per heavy atom. The molecule has 4 aromatic rings. The summed E-state index contributed by atoms with van der Waals surface area (Å²) in [4.78, 5) is 14.7. The molecule has 35 heavy (non-hydrogen) atoms. The van der Waals surface area contributed by atoms with Crippen molar-refractivity contribution >= 4 is 16.8 Å². The summed E-state index contributed by atoms with van der Waals surface area (Å²) < 4.78 is 35.8. The fourth-order valence-corrected chi connectivity index (χ4v) is 4.05. The second-order valence-electron chi connectivity index (χ2n) is 8.32. The van der Waals surface area contributed by atoms with Crippen LogP contribution in [0.5, 0.6) is 5.75 Å². The number of aromatic amines is 1. The largest absolute Gasteiger partial charge is 0.488 e. The molecule has 0 spiro atoms. The average molecular weight is 480 g/mol. The number of hydrogen-bond donors (Lipinski definition) is 1. The summed E-state index contributed by atoms with van der Waals surface area (Å²) in [5.74, 6) is -0.0280. The number of H-pyrrole nitrogens is 1. The zero-order chi connectivity index (χ0) is 24.4. The van der Waals surface area contributed by atoms with Crippen molar-refractivity contribution in [3.8, 4) is 28.5 Å². The molecule has 10 heteroatoms. The number of amides is 1. The molecule has 182 valence electrons. The molecule has 3 heterocycles. The average Bonchev–Trinajstić information content (AvgIpc) is 3.51. The summed E-state index contributed by atoms with van der Waals surface area (Å²) in [6.07, 6.45) is 0. The van der Waals surface area contributed by atoms with Gasteiger partial charge in [0, 0.05) is 42.3 Å². The third-order valence-corrected chi connectivity index (χ3v) is 5.96. The number of methoxy groups -OCH3 is 1. The van der Waals surface area contributed by atoms with Crippen molar-refractivity contribution in [2.24, 2.45) is 0 Å².